The van der Waals surface area contributed by atoms with Crippen molar-refractivity contribution in [3.8, 4) is 11.4 Å². The van der Waals surface area contributed by atoms with Crippen LogP contribution in [0.25, 0.3) is 22.3 Å². The van der Waals surface area contributed by atoms with Gasteiger partial charge in [0.05, 0.1) is 21.6 Å². The summed E-state index contributed by atoms with van der Waals surface area (Å²) in [7, 11) is 0. The van der Waals surface area contributed by atoms with E-state index in [0.717, 1.165) is 25.7 Å². The molecule has 1 fully saturated rings. The number of nitro groups is 1. The van der Waals surface area contributed by atoms with Crippen molar-refractivity contribution in [2.45, 2.75) is 49.1 Å². The van der Waals surface area contributed by atoms with E-state index in [0.29, 0.717) is 33.3 Å². The van der Waals surface area contributed by atoms with Crippen molar-refractivity contribution in [3.05, 3.63) is 74.9 Å². The Labute approximate surface area is 193 Å². The SMILES string of the molecule is O=c1c2ccccc2nc(SCc2nc(-c3cccc([N+](=O)[O-])c3)no2)n1C1CCCCC1. The Balaban J connectivity index is 1.43. The van der Waals surface area contributed by atoms with Crippen LogP contribution in [0.2, 0.25) is 0 Å². The lowest BCUT2D eigenvalue weighted by atomic mass is 9.95. The van der Waals surface area contributed by atoms with Gasteiger partial charge in [0, 0.05) is 23.7 Å². The van der Waals surface area contributed by atoms with Crippen LogP contribution in [0.1, 0.15) is 44.0 Å². The quantitative estimate of drug-likeness (QED) is 0.167. The van der Waals surface area contributed by atoms with E-state index < -0.39 is 4.92 Å². The molecule has 1 aliphatic carbocycles. The molecule has 1 aliphatic rings. The zero-order valence-electron chi connectivity index (χ0n) is 17.7. The fraction of sp³-hybridized carbons (Fsp3) is 0.304. The van der Waals surface area contributed by atoms with Gasteiger partial charge in [-0.05, 0) is 25.0 Å². The zero-order valence-corrected chi connectivity index (χ0v) is 18.5. The topological polar surface area (TPSA) is 117 Å². The van der Waals surface area contributed by atoms with E-state index in [-0.39, 0.29) is 23.1 Å². The molecule has 0 saturated heterocycles. The largest absolute Gasteiger partial charge is 0.338 e. The Kier molecular flexibility index (Phi) is 5.91. The summed E-state index contributed by atoms with van der Waals surface area (Å²) >= 11 is 1.39. The Hall–Kier alpha value is -3.53. The van der Waals surface area contributed by atoms with Gasteiger partial charge in [-0.1, -0.05) is 60.4 Å². The Morgan fingerprint density at radius 1 is 1.09 bits per heavy atom. The van der Waals surface area contributed by atoms with Gasteiger partial charge < -0.3 is 4.52 Å². The summed E-state index contributed by atoms with van der Waals surface area (Å²) in [5.74, 6) is 0.976. The highest BCUT2D eigenvalue weighted by atomic mass is 32.2. The number of hydrogen-bond donors (Lipinski definition) is 0. The Morgan fingerprint density at radius 3 is 2.73 bits per heavy atom. The summed E-state index contributed by atoms with van der Waals surface area (Å²) < 4.78 is 7.21. The summed E-state index contributed by atoms with van der Waals surface area (Å²) in [6.45, 7) is 0. The average Bonchev–Trinajstić information content (AvgIpc) is 3.33. The highest BCUT2D eigenvalue weighted by Crippen LogP contribution is 2.32. The minimum Gasteiger partial charge on any atom is -0.338 e. The monoisotopic (exact) mass is 463 g/mol. The first-order valence-corrected chi connectivity index (χ1v) is 11.8. The van der Waals surface area contributed by atoms with Crippen molar-refractivity contribution < 1.29 is 9.45 Å². The van der Waals surface area contributed by atoms with E-state index in [1.807, 2.05) is 28.8 Å². The molecule has 0 bridgehead atoms. The molecule has 2 heterocycles. The van der Waals surface area contributed by atoms with Crippen LogP contribution in [-0.2, 0) is 5.75 Å². The van der Waals surface area contributed by atoms with Crippen LogP contribution in [0.3, 0.4) is 0 Å². The van der Waals surface area contributed by atoms with Crippen LogP contribution in [-0.4, -0.2) is 24.6 Å². The summed E-state index contributed by atoms with van der Waals surface area (Å²) in [5.41, 5.74) is 1.12. The van der Waals surface area contributed by atoms with Crippen molar-refractivity contribution >= 4 is 28.4 Å². The second kappa shape index (κ2) is 9.14. The lowest BCUT2D eigenvalue weighted by Gasteiger charge is -2.26. The number of rotatable bonds is 6. The molecule has 4 aromatic rings. The zero-order chi connectivity index (χ0) is 22.8. The van der Waals surface area contributed by atoms with Gasteiger partial charge >= 0.3 is 0 Å². The molecule has 0 N–H and O–H groups in total. The van der Waals surface area contributed by atoms with E-state index in [4.69, 9.17) is 9.51 Å². The molecule has 0 amide bonds. The lowest BCUT2D eigenvalue weighted by Crippen LogP contribution is -2.29. The van der Waals surface area contributed by atoms with Gasteiger partial charge in [0.15, 0.2) is 5.16 Å². The minimum absolute atomic E-state index is 0.0159. The van der Waals surface area contributed by atoms with Gasteiger partial charge in [0.2, 0.25) is 11.7 Å². The van der Waals surface area contributed by atoms with Gasteiger partial charge in [-0.3, -0.25) is 19.5 Å². The number of aromatic nitrogens is 4. The molecular formula is C23H21N5O4S. The molecular weight excluding hydrogens is 442 g/mol. The van der Waals surface area contributed by atoms with Crippen molar-refractivity contribution in [3.63, 3.8) is 0 Å². The van der Waals surface area contributed by atoms with Gasteiger partial charge in [0.1, 0.15) is 0 Å². The highest BCUT2D eigenvalue weighted by molar-refractivity contribution is 7.98. The van der Waals surface area contributed by atoms with Crippen molar-refractivity contribution in [1.29, 1.82) is 0 Å². The van der Waals surface area contributed by atoms with Crippen molar-refractivity contribution in [1.82, 2.24) is 19.7 Å². The molecule has 1 saturated carbocycles. The van der Waals surface area contributed by atoms with E-state index in [1.165, 1.54) is 30.3 Å². The van der Waals surface area contributed by atoms with Gasteiger partial charge in [-0.15, -0.1) is 0 Å². The molecule has 0 atom stereocenters. The number of fused-ring (bicyclic) bond motifs is 1. The minimum atomic E-state index is -0.462. The second-order valence-corrected chi connectivity index (χ2v) is 8.93. The lowest BCUT2D eigenvalue weighted by molar-refractivity contribution is -0.384. The Morgan fingerprint density at radius 2 is 1.91 bits per heavy atom. The molecule has 0 spiro atoms. The maximum atomic E-state index is 13.3. The maximum Gasteiger partial charge on any atom is 0.270 e. The molecule has 5 rings (SSSR count). The predicted molar refractivity (Wildman–Crippen MR) is 124 cm³/mol. The first-order valence-electron chi connectivity index (χ1n) is 10.8. The van der Waals surface area contributed by atoms with Crippen molar-refractivity contribution in [2.75, 3.05) is 0 Å². The summed E-state index contributed by atoms with van der Waals surface area (Å²) in [5, 5.41) is 16.3. The van der Waals surface area contributed by atoms with Gasteiger partial charge in [-0.25, -0.2) is 4.98 Å². The number of nitrogens with zero attached hydrogens (tertiary/aromatic N) is 5. The summed E-state index contributed by atoms with van der Waals surface area (Å²) in [6.07, 6.45) is 5.32. The third kappa shape index (κ3) is 4.38. The normalized spacial score (nSPS) is 14.5. The van der Waals surface area contributed by atoms with E-state index in [9.17, 15) is 14.9 Å². The third-order valence-electron chi connectivity index (χ3n) is 5.82. The molecule has 0 aliphatic heterocycles. The third-order valence-corrected chi connectivity index (χ3v) is 6.76. The van der Waals surface area contributed by atoms with Crippen LogP contribution < -0.4 is 5.56 Å². The molecule has 33 heavy (non-hydrogen) atoms. The van der Waals surface area contributed by atoms with Crippen LogP contribution >= 0.6 is 11.8 Å². The molecule has 9 nitrogen and oxygen atoms in total. The standard InChI is InChI=1S/C23H21N5O4S/c29-22-18-11-4-5-12-19(18)24-23(27(22)16-8-2-1-3-9-16)33-14-20-25-21(26-32-20)15-7-6-10-17(13-15)28(30)31/h4-7,10-13,16H,1-3,8-9,14H2. The van der Waals surface area contributed by atoms with E-state index in [1.54, 1.807) is 12.1 Å². The number of non-ortho nitro benzene ring substituents is 1. The first-order chi connectivity index (χ1) is 16.1. The fourth-order valence-corrected chi connectivity index (χ4v) is 5.11. The molecule has 2 aromatic heterocycles. The number of para-hydroxylation sites is 1. The van der Waals surface area contributed by atoms with Gasteiger partial charge in [0.25, 0.3) is 11.2 Å². The predicted octanol–water partition coefficient (Wildman–Crippen LogP) is 5.15. The number of benzene rings is 2. The van der Waals surface area contributed by atoms with Crippen LogP contribution in [0.15, 0.2) is 63.0 Å². The molecule has 2 aromatic carbocycles. The second-order valence-electron chi connectivity index (χ2n) is 7.99. The molecule has 0 unspecified atom stereocenters. The first kappa shape index (κ1) is 21.3. The molecule has 168 valence electrons. The number of nitro benzene ring substituents is 1. The summed E-state index contributed by atoms with van der Waals surface area (Å²) in [6, 6.07) is 13.6. The maximum absolute atomic E-state index is 13.3. The van der Waals surface area contributed by atoms with E-state index >= 15 is 0 Å². The number of thioether (sulfide) groups is 1. The molecule has 0 radical (unpaired) electrons. The smallest absolute Gasteiger partial charge is 0.270 e. The summed E-state index contributed by atoms with van der Waals surface area (Å²) in [4.78, 5) is 33.1. The number of hydrogen-bond acceptors (Lipinski definition) is 8. The van der Waals surface area contributed by atoms with E-state index in [2.05, 4.69) is 10.1 Å². The van der Waals surface area contributed by atoms with Crippen LogP contribution in [0.5, 0.6) is 0 Å². The fourth-order valence-electron chi connectivity index (χ4n) is 4.20. The van der Waals surface area contributed by atoms with Crippen LogP contribution in [0, 0.1) is 10.1 Å². The van der Waals surface area contributed by atoms with Gasteiger partial charge in [-0.2, -0.15) is 4.98 Å². The highest BCUT2D eigenvalue weighted by Gasteiger charge is 2.22. The van der Waals surface area contributed by atoms with Crippen LogP contribution in [0.4, 0.5) is 5.69 Å². The molecule has 10 heteroatoms. The average molecular weight is 464 g/mol. The Bertz CT molecular complexity index is 1380. The van der Waals surface area contributed by atoms with Crippen molar-refractivity contribution in [2.24, 2.45) is 0 Å².